The van der Waals surface area contributed by atoms with Crippen molar-refractivity contribution < 1.29 is 4.79 Å². The number of nitrogens with one attached hydrogen (secondary N) is 1. The van der Waals surface area contributed by atoms with Crippen molar-refractivity contribution >= 4 is 23.1 Å². The molecule has 0 aromatic carbocycles. The molecule has 1 amide bonds. The van der Waals surface area contributed by atoms with E-state index in [4.69, 9.17) is 18.0 Å². The van der Waals surface area contributed by atoms with Gasteiger partial charge >= 0.3 is 0 Å². The first-order valence-corrected chi connectivity index (χ1v) is 6.87. The molecule has 6 nitrogen and oxygen atoms in total. The Bertz CT molecular complexity index is 453. The molecule has 0 aliphatic carbocycles. The van der Waals surface area contributed by atoms with Gasteiger partial charge in [-0.1, -0.05) is 26.1 Å². The Balaban J connectivity index is 2.76. The number of nitrogens with zero attached hydrogens (tertiary/aromatic N) is 3. The maximum atomic E-state index is 12.3. The Morgan fingerprint density at radius 3 is 2.58 bits per heavy atom. The van der Waals surface area contributed by atoms with Crippen LogP contribution in [0.25, 0.3) is 0 Å². The van der Waals surface area contributed by atoms with Crippen LogP contribution >= 0.6 is 12.2 Å². The third-order valence-electron chi connectivity index (χ3n) is 3.56. The molecule has 0 aliphatic rings. The van der Waals surface area contributed by atoms with Crippen molar-refractivity contribution in [2.75, 3.05) is 0 Å². The van der Waals surface area contributed by atoms with Crippen LogP contribution < -0.4 is 11.1 Å². The fraction of sp³-hybridized carbons (Fsp3) is 0.667. The molecule has 0 atom stereocenters. The van der Waals surface area contributed by atoms with Gasteiger partial charge in [0.25, 0.3) is 0 Å². The lowest BCUT2D eigenvalue weighted by Crippen LogP contribution is -2.48. The summed E-state index contributed by atoms with van der Waals surface area (Å²) in [6, 6.07) is 0. The summed E-state index contributed by atoms with van der Waals surface area (Å²) in [4.78, 5) is 12.6. The molecule has 1 aromatic rings. The molecule has 0 saturated heterocycles. The number of amides is 1. The van der Waals surface area contributed by atoms with Crippen molar-refractivity contribution in [2.24, 2.45) is 11.1 Å². The standard InChI is InChI=1S/C12H21N5OS/c1-4-12(5-2,10(13)19)11(18)14-7-9-16-15-8-17(9)6-3/h8H,4-7H2,1-3H3,(H2,13,19)(H,14,18). The van der Waals surface area contributed by atoms with E-state index in [-0.39, 0.29) is 10.9 Å². The highest BCUT2D eigenvalue weighted by atomic mass is 32.1. The van der Waals surface area contributed by atoms with Crippen LogP contribution in [0.1, 0.15) is 39.4 Å². The first kappa shape index (κ1) is 15.6. The molecule has 0 aliphatic heterocycles. The molecule has 0 saturated carbocycles. The number of hydrogen-bond donors (Lipinski definition) is 2. The fourth-order valence-corrected chi connectivity index (χ4v) is 2.42. The predicted octanol–water partition coefficient (Wildman–Crippen LogP) is 1.01. The molecule has 7 heteroatoms. The van der Waals surface area contributed by atoms with Gasteiger partial charge in [0.2, 0.25) is 5.91 Å². The van der Waals surface area contributed by atoms with Gasteiger partial charge in [-0.2, -0.15) is 0 Å². The van der Waals surface area contributed by atoms with Crippen LogP contribution in [-0.4, -0.2) is 25.7 Å². The molecule has 0 spiro atoms. The molecule has 1 rings (SSSR count). The lowest BCUT2D eigenvalue weighted by molar-refractivity contribution is -0.128. The number of thiocarbonyl (C=S) groups is 1. The second kappa shape index (κ2) is 6.60. The molecule has 19 heavy (non-hydrogen) atoms. The molecule has 1 heterocycles. The Kier molecular flexibility index (Phi) is 5.41. The highest BCUT2D eigenvalue weighted by Gasteiger charge is 2.37. The van der Waals surface area contributed by atoms with Gasteiger partial charge in [-0.3, -0.25) is 4.79 Å². The first-order valence-electron chi connectivity index (χ1n) is 6.46. The minimum atomic E-state index is -0.771. The Hall–Kier alpha value is -1.50. The Labute approximate surface area is 118 Å². The lowest BCUT2D eigenvalue weighted by atomic mass is 9.81. The van der Waals surface area contributed by atoms with Crippen LogP contribution in [0.4, 0.5) is 0 Å². The summed E-state index contributed by atoms with van der Waals surface area (Å²) in [6.07, 6.45) is 2.82. The van der Waals surface area contributed by atoms with E-state index in [2.05, 4.69) is 15.5 Å². The Morgan fingerprint density at radius 2 is 2.11 bits per heavy atom. The number of rotatable bonds is 7. The first-order chi connectivity index (χ1) is 9.01. The number of nitrogens with two attached hydrogens (primary N) is 1. The molecular formula is C12H21N5OS. The molecule has 0 bridgehead atoms. The maximum absolute atomic E-state index is 12.3. The topological polar surface area (TPSA) is 85.8 Å². The van der Waals surface area contributed by atoms with Crippen molar-refractivity contribution in [1.29, 1.82) is 0 Å². The smallest absolute Gasteiger partial charge is 0.233 e. The zero-order valence-corrected chi connectivity index (χ0v) is 12.5. The average Bonchev–Trinajstić information content (AvgIpc) is 2.85. The van der Waals surface area contributed by atoms with E-state index >= 15 is 0 Å². The number of aromatic nitrogens is 3. The lowest BCUT2D eigenvalue weighted by Gasteiger charge is -2.28. The van der Waals surface area contributed by atoms with Gasteiger partial charge < -0.3 is 15.6 Å². The van der Waals surface area contributed by atoms with Crippen molar-refractivity contribution in [3.8, 4) is 0 Å². The van der Waals surface area contributed by atoms with Gasteiger partial charge in [-0.15, -0.1) is 10.2 Å². The molecule has 3 N–H and O–H groups in total. The second-order valence-corrected chi connectivity index (χ2v) is 4.81. The summed E-state index contributed by atoms with van der Waals surface area (Å²) in [5.74, 6) is 0.579. The van der Waals surface area contributed by atoms with E-state index in [1.54, 1.807) is 6.33 Å². The zero-order chi connectivity index (χ0) is 14.5. The number of aryl methyl sites for hydroxylation is 1. The highest BCUT2D eigenvalue weighted by molar-refractivity contribution is 7.80. The minimum Gasteiger partial charge on any atom is -0.392 e. The zero-order valence-electron chi connectivity index (χ0n) is 11.6. The van der Waals surface area contributed by atoms with E-state index in [1.165, 1.54) is 0 Å². The summed E-state index contributed by atoms with van der Waals surface area (Å²) in [5, 5.41) is 10.6. The van der Waals surface area contributed by atoms with Crippen LogP contribution in [0, 0.1) is 5.41 Å². The van der Waals surface area contributed by atoms with E-state index in [9.17, 15) is 4.79 Å². The molecule has 1 aromatic heterocycles. The van der Waals surface area contributed by atoms with Crippen molar-refractivity contribution in [1.82, 2.24) is 20.1 Å². The summed E-state index contributed by atoms with van der Waals surface area (Å²) in [6.45, 7) is 6.91. The van der Waals surface area contributed by atoms with Gasteiger partial charge in [0.15, 0.2) is 5.82 Å². The third kappa shape index (κ3) is 3.09. The van der Waals surface area contributed by atoms with Gasteiger partial charge in [0.1, 0.15) is 6.33 Å². The van der Waals surface area contributed by atoms with Crippen LogP contribution in [-0.2, 0) is 17.9 Å². The normalized spacial score (nSPS) is 11.3. The molecule has 0 radical (unpaired) electrons. The average molecular weight is 283 g/mol. The van der Waals surface area contributed by atoms with Crippen LogP contribution in [0.15, 0.2) is 6.33 Å². The van der Waals surface area contributed by atoms with Crippen molar-refractivity contribution in [2.45, 2.75) is 46.7 Å². The summed E-state index contributed by atoms with van der Waals surface area (Å²) in [7, 11) is 0. The van der Waals surface area contributed by atoms with Crippen LogP contribution in [0.3, 0.4) is 0 Å². The van der Waals surface area contributed by atoms with Gasteiger partial charge in [0.05, 0.1) is 16.9 Å². The van der Waals surface area contributed by atoms with Gasteiger partial charge in [-0.05, 0) is 19.8 Å². The van der Waals surface area contributed by atoms with Crippen LogP contribution in [0.2, 0.25) is 0 Å². The van der Waals surface area contributed by atoms with E-state index in [1.807, 2.05) is 25.3 Å². The highest BCUT2D eigenvalue weighted by Crippen LogP contribution is 2.27. The van der Waals surface area contributed by atoms with Crippen molar-refractivity contribution in [3.05, 3.63) is 12.2 Å². The second-order valence-electron chi connectivity index (χ2n) is 4.37. The fourth-order valence-electron chi connectivity index (χ4n) is 2.04. The third-order valence-corrected chi connectivity index (χ3v) is 3.95. The largest absolute Gasteiger partial charge is 0.392 e. The van der Waals surface area contributed by atoms with Gasteiger partial charge in [-0.25, -0.2) is 0 Å². The summed E-state index contributed by atoms with van der Waals surface area (Å²) >= 11 is 5.05. The molecular weight excluding hydrogens is 262 g/mol. The van der Waals surface area contributed by atoms with E-state index in [0.29, 0.717) is 19.4 Å². The molecule has 0 fully saturated rings. The van der Waals surface area contributed by atoms with Crippen LogP contribution in [0.5, 0.6) is 0 Å². The Morgan fingerprint density at radius 1 is 1.47 bits per heavy atom. The quantitative estimate of drug-likeness (QED) is 0.729. The summed E-state index contributed by atoms with van der Waals surface area (Å²) in [5.41, 5.74) is 4.96. The maximum Gasteiger partial charge on any atom is 0.233 e. The van der Waals surface area contributed by atoms with Gasteiger partial charge in [0, 0.05) is 6.54 Å². The number of carbonyl (C=O) groups excluding carboxylic acids is 1. The van der Waals surface area contributed by atoms with E-state index < -0.39 is 5.41 Å². The van der Waals surface area contributed by atoms with Crippen molar-refractivity contribution in [3.63, 3.8) is 0 Å². The summed E-state index contributed by atoms with van der Waals surface area (Å²) < 4.78 is 1.88. The number of hydrogen-bond acceptors (Lipinski definition) is 4. The predicted molar refractivity (Wildman–Crippen MR) is 77.3 cm³/mol. The van der Waals surface area contributed by atoms with E-state index in [0.717, 1.165) is 12.4 Å². The number of carbonyl (C=O) groups is 1. The minimum absolute atomic E-state index is 0.143. The monoisotopic (exact) mass is 283 g/mol. The SMILES string of the molecule is CCn1cnnc1CNC(=O)C(CC)(CC)C(N)=S. The molecule has 106 valence electrons. The molecule has 0 unspecified atom stereocenters.